The third-order valence-electron chi connectivity index (χ3n) is 2.49. The van der Waals surface area contributed by atoms with E-state index in [1.54, 1.807) is 19.1 Å². The number of hydrogen-bond acceptors (Lipinski definition) is 3. The number of para-hydroxylation sites is 1. The van der Waals surface area contributed by atoms with E-state index in [-0.39, 0.29) is 11.9 Å². The fraction of sp³-hybridized carbons (Fsp3) is 0.417. The lowest BCUT2D eigenvalue weighted by molar-refractivity contribution is -0.131. The van der Waals surface area contributed by atoms with Gasteiger partial charge < -0.3 is 14.8 Å². The molecule has 0 bridgehead atoms. The number of benzene rings is 1. The molecule has 1 fully saturated rings. The number of ether oxygens (including phenoxy) is 2. The molecule has 1 aromatic rings. The molecule has 5 heteroatoms. The van der Waals surface area contributed by atoms with E-state index in [9.17, 15) is 4.79 Å². The van der Waals surface area contributed by atoms with E-state index >= 15 is 0 Å². The Morgan fingerprint density at radius 2 is 2.24 bits per heavy atom. The summed E-state index contributed by atoms with van der Waals surface area (Å²) >= 11 is 5.94. The van der Waals surface area contributed by atoms with Crippen molar-refractivity contribution in [1.29, 1.82) is 0 Å². The molecule has 1 saturated heterocycles. The molecule has 1 amide bonds. The number of rotatable bonds is 4. The van der Waals surface area contributed by atoms with Crippen molar-refractivity contribution in [3.63, 3.8) is 0 Å². The second-order valence-corrected chi connectivity index (χ2v) is 4.34. The van der Waals surface area contributed by atoms with Crippen LogP contribution in [0.5, 0.6) is 5.75 Å². The smallest absolute Gasteiger partial charge is 0.261 e. The molecule has 1 atom stereocenters. The van der Waals surface area contributed by atoms with Crippen LogP contribution in [0.2, 0.25) is 5.02 Å². The van der Waals surface area contributed by atoms with Crippen LogP contribution in [0, 0.1) is 0 Å². The van der Waals surface area contributed by atoms with E-state index < -0.39 is 6.10 Å². The highest BCUT2D eigenvalue weighted by atomic mass is 35.5. The predicted octanol–water partition coefficient (Wildman–Crippen LogP) is 1.62. The van der Waals surface area contributed by atoms with Gasteiger partial charge in [-0.2, -0.15) is 0 Å². The summed E-state index contributed by atoms with van der Waals surface area (Å²) < 4.78 is 10.5. The molecule has 0 spiro atoms. The van der Waals surface area contributed by atoms with E-state index in [0.29, 0.717) is 24.0 Å². The van der Waals surface area contributed by atoms with Gasteiger partial charge in [0.2, 0.25) is 0 Å². The van der Waals surface area contributed by atoms with Crippen molar-refractivity contribution in [2.45, 2.75) is 19.1 Å². The summed E-state index contributed by atoms with van der Waals surface area (Å²) in [6, 6.07) is 7.19. The molecule has 1 aliphatic heterocycles. The first kappa shape index (κ1) is 12.2. The summed E-state index contributed by atoms with van der Waals surface area (Å²) in [4.78, 5) is 11.7. The van der Waals surface area contributed by atoms with Crippen LogP contribution in [0.4, 0.5) is 0 Å². The summed E-state index contributed by atoms with van der Waals surface area (Å²) in [5.74, 6) is 0.361. The fourth-order valence-corrected chi connectivity index (χ4v) is 1.60. The van der Waals surface area contributed by atoms with E-state index in [4.69, 9.17) is 21.1 Å². The minimum atomic E-state index is -0.574. The van der Waals surface area contributed by atoms with Crippen molar-refractivity contribution in [1.82, 2.24) is 5.32 Å². The average Bonchev–Trinajstić information content (AvgIpc) is 2.26. The molecule has 4 nitrogen and oxygen atoms in total. The summed E-state index contributed by atoms with van der Waals surface area (Å²) in [6.45, 7) is 2.84. The quantitative estimate of drug-likeness (QED) is 0.890. The van der Waals surface area contributed by atoms with Crippen molar-refractivity contribution >= 4 is 17.5 Å². The maximum Gasteiger partial charge on any atom is 0.261 e. The lowest BCUT2D eigenvalue weighted by Gasteiger charge is -2.28. The normalized spacial score (nSPS) is 17.1. The Morgan fingerprint density at radius 1 is 1.53 bits per heavy atom. The first-order valence-corrected chi connectivity index (χ1v) is 5.84. The molecule has 0 aliphatic carbocycles. The number of amides is 1. The van der Waals surface area contributed by atoms with Crippen LogP contribution in [0.25, 0.3) is 0 Å². The molecule has 17 heavy (non-hydrogen) atoms. The van der Waals surface area contributed by atoms with Crippen LogP contribution in [0.15, 0.2) is 24.3 Å². The zero-order chi connectivity index (χ0) is 12.3. The van der Waals surface area contributed by atoms with Crippen molar-refractivity contribution in [3.8, 4) is 5.75 Å². The van der Waals surface area contributed by atoms with E-state index in [1.807, 2.05) is 12.1 Å². The van der Waals surface area contributed by atoms with Gasteiger partial charge in [0.1, 0.15) is 5.75 Å². The van der Waals surface area contributed by atoms with E-state index in [0.717, 1.165) is 0 Å². The first-order valence-electron chi connectivity index (χ1n) is 5.46. The lowest BCUT2D eigenvalue weighted by atomic mass is 10.2. The van der Waals surface area contributed by atoms with Gasteiger partial charge in [-0.1, -0.05) is 23.7 Å². The summed E-state index contributed by atoms with van der Waals surface area (Å²) in [5.41, 5.74) is 0. The van der Waals surface area contributed by atoms with Crippen molar-refractivity contribution in [2.75, 3.05) is 13.2 Å². The molecule has 1 aromatic carbocycles. The largest absolute Gasteiger partial charge is 0.479 e. The topological polar surface area (TPSA) is 47.6 Å². The summed E-state index contributed by atoms with van der Waals surface area (Å²) in [7, 11) is 0. The van der Waals surface area contributed by atoms with E-state index in [1.165, 1.54) is 0 Å². The number of hydrogen-bond donors (Lipinski definition) is 1. The average molecular weight is 256 g/mol. The fourth-order valence-electron chi connectivity index (χ4n) is 1.42. The molecule has 1 heterocycles. The summed E-state index contributed by atoms with van der Waals surface area (Å²) in [6.07, 6.45) is -0.574. The van der Waals surface area contributed by atoms with Gasteiger partial charge in [-0.15, -0.1) is 0 Å². The third kappa shape index (κ3) is 3.11. The maximum absolute atomic E-state index is 11.7. The Morgan fingerprint density at radius 3 is 2.82 bits per heavy atom. The molecule has 2 rings (SSSR count). The van der Waals surface area contributed by atoms with Gasteiger partial charge in [0, 0.05) is 0 Å². The van der Waals surface area contributed by atoms with Crippen LogP contribution in [-0.2, 0) is 9.53 Å². The Labute approximate surface area is 105 Å². The molecule has 1 unspecified atom stereocenters. The Hall–Kier alpha value is -1.26. The minimum absolute atomic E-state index is 0.111. The molecule has 1 aliphatic rings. The zero-order valence-electron chi connectivity index (χ0n) is 9.48. The minimum Gasteiger partial charge on any atom is -0.479 e. The standard InChI is InChI=1S/C12H14ClNO3/c1-8(12(15)14-9-6-16-7-9)17-11-5-3-2-4-10(11)13/h2-5,8-9H,6-7H2,1H3,(H,14,15). The molecule has 0 saturated carbocycles. The highest BCUT2D eigenvalue weighted by molar-refractivity contribution is 6.32. The number of carbonyl (C=O) groups is 1. The molecule has 1 N–H and O–H groups in total. The molecule has 0 aromatic heterocycles. The van der Waals surface area contributed by atoms with Gasteiger partial charge in [-0.05, 0) is 19.1 Å². The molecular formula is C12H14ClNO3. The van der Waals surface area contributed by atoms with Crippen molar-refractivity contribution < 1.29 is 14.3 Å². The third-order valence-corrected chi connectivity index (χ3v) is 2.81. The maximum atomic E-state index is 11.7. The van der Waals surface area contributed by atoms with Gasteiger partial charge >= 0.3 is 0 Å². The molecule has 0 radical (unpaired) electrons. The molecular weight excluding hydrogens is 242 g/mol. The van der Waals surface area contributed by atoms with Gasteiger partial charge in [-0.3, -0.25) is 4.79 Å². The van der Waals surface area contributed by atoms with Crippen molar-refractivity contribution in [3.05, 3.63) is 29.3 Å². The highest BCUT2D eigenvalue weighted by Crippen LogP contribution is 2.24. The summed E-state index contributed by atoms with van der Waals surface area (Å²) in [5, 5.41) is 3.32. The van der Waals surface area contributed by atoms with Gasteiger partial charge in [0.25, 0.3) is 5.91 Å². The monoisotopic (exact) mass is 255 g/mol. The first-order chi connectivity index (χ1) is 8.16. The Bertz CT molecular complexity index is 406. The number of nitrogens with one attached hydrogen (secondary N) is 1. The molecule has 92 valence electrons. The lowest BCUT2D eigenvalue weighted by Crippen LogP contribution is -2.51. The van der Waals surface area contributed by atoms with Crippen molar-refractivity contribution in [2.24, 2.45) is 0 Å². The van der Waals surface area contributed by atoms with Gasteiger partial charge in [0.05, 0.1) is 24.3 Å². The Balaban J connectivity index is 1.89. The van der Waals surface area contributed by atoms with Crippen LogP contribution >= 0.6 is 11.6 Å². The van der Waals surface area contributed by atoms with Crippen LogP contribution in [-0.4, -0.2) is 31.3 Å². The second kappa shape index (κ2) is 5.38. The number of carbonyl (C=O) groups excluding carboxylic acids is 1. The van der Waals surface area contributed by atoms with E-state index in [2.05, 4.69) is 5.32 Å². The van der Waals surface area contributed by atoms with Crippen LogP contribution in [0.3, 0.4) is 0 Å². The number of halogens is 1. The second-order valence-electron chi connectivity index (χ2n) is 3.93. The Kier molecular flexibility index (Phi) is 3.86. The zero-order valence-corrected chi connectivity index (χ0v) is 10.2. The van der Waals surface area contributed by atoms with Crippen LogP contribution < -0.4 is 10.1 Å². The van der Waals surface area contributed by atoms with Crippen LogP contribution in [0.1, 0.15) is 6.92 Å². The predicted molar refractivity (Wildman–Crippen MR) is 64.3 cm³/mol. The SMILES string of the molecule is CC(Oc1ccccc1Cl)C(=O)NC1COC1. The highest BCUT2D eigenvalue weighted by Gasteiger charge is 2.24. The van der Waals surface area contributed by atoms with Gasteiger partial charge in [-0.25, -0.2) is 0 Å². The van der Waals surface area contributed by atoms with Gasteiger partial charge in [0.15, 0.2) is 6.10 Å².